The van der Waals surface area contributed by atoms with Crippen molar-refractivity contribution < 1.29 is 14.6 Å². The SMILES string of the molecule is OC(c1cccs1)c1cc2c(cc1Br)OCCCO2. The van der Waals surface area contributed by atoms with E-state index in [4.69, 9.17) is 9.47 Å². The number of hydrogen-bond donors (Lipinski definition) is 1. The predicted octanol–water partition coefficient (Wildman–Crippen LogP) is 3.75. The fraction of sp³-hybridized carbons (Fsp3) is 0.286. The van der Waals surface area contributed by atoms with Crippen LogP contribution in [0.2, 0.25) is 0 Å². The molecule has 1 aliphatic rings. The monoisotopic (exact) mass is 340 g/mol. The first-order chi connectivity index (χ1) is 9.25. The quantitative estimate of drug-likeness (QED) is 0.904. The maximum Gasteiger partial charge on any atom is 0.162 e. The van der Waals surface area contributed by atoms with Gasteiger partial charge in [-0.3, -0.25) is 0 Å². The summed E-state index contributed by atoms with van der Waals surface area (Å²) in [6.07, 6.45) is 0.223. The van der Waals surface area contributed by atoms with E-state index in [1.54, 1.807) is 0 Å². The molecule has 0 fully saturated rings. The molecule has 1 atom stereocenters. The van der Waals surface area contributed by atoms with Crippen molar-refractivity contribution in [2.75, 3.05) is 13.2 Å². The van der Waals surface area contributed by atoms with Gasteiger partial charge in [-0.05, 0) is 23.6 Å². The van der Waals surface area contributed by atoms with Gasteiger partial charge < -0.3 is 14.6 Å². The van der Waals surface area contributed by atoms with Crippen LogP contribution in [-0.4, -0.2) is 18.3 Å². The maximum atomic E-state index is 10.4. The zero-order valence-electron chi connectivity index (χ0n) is 10.1. The number of ether oxygens (including phenoxy) is 2. The molecule has 0 spiro atoms. The molecule has 100 valence electrons. The maximum absolute atomic E-state index is 10.4. The number of aliphatic hydroxyl groups excluding tert-OH is 1. The molecule has 0 bridgehead atoms. The smallest absolute Gasteiger partial charge is 0.162 e. The summed E-state index contributed by atoms with van der Waals surface area (Å²) in [6.45, 7) is 1.30. The molecule has 2 heterocycles. The van der Waals surface area contributed by atoms with Gasteiger partial charge in [0.2, 0.25) is 0 Å². The zero-order chi connectivity index (χ0) is 13.2. The molecule has 0 saturated carbocycles. The van der Waals surface area contributed by atoms with E-state index in [-0.39, 0.29) is 0 Å². The van der Waals surface area contributed by atoms with Crippen LogP contribution < -0.4 is 9.47 Å². The molecule has 1 aromatic carbocycles. The lowest BCUT2D eigenvalue weighted by molar-refractivity contribution is 0.222. The molecule has 1 aliphatic heterocycles. The van der Waals surface area contributed by atoms with Crippen LogP contribution in [0.3, 0.4) is 0 Å². The van der Waals surface area contributed by atoms with Crippen LogP contribution >= 0.6 is 27.3 Å². The highest BCUT2D eigenvalue weighted by Gasteiger charge is 2.20. The van der Waals surface area contributed by atoms with Crippen LogP contribution in [0.5, 0.6) is 11.5 Å². The summed E-state index contributed by atoms with van der Waals surface area (Å²) < 4.78 is 12.1. The fourth-order valence-electron chi connectivity index (χ4n) is 2.01. The molecule has 0 radical (unpaired) electrons. The third-order valence-electron chi connectivity index (χ3n) is 2.97. The van der Waals surface area contributed by atoms with E-state index < -0.39 is 6.10 Å². The van der Waals surface area contributed by atoms with Gasteiger partial charge >= 0.3 is 0 Å². The molecule has 1 unspecified atom stereocenters. The first kappa shape index (κ1) is 13.0. The number of thiophene rings is 1. The lowest BCUT2D eigenvalue weighted by atomic mass is 10.1. The van der Waals surface area contributed by atoms with Gasteiger partial charge in [0.25, 0.3) is 0 Å². The van der Waals surface area contributed by atoms with E-state index in [0.717, 1.165) is 27.1 Å². The van der Waals surface area contributed by atoms with Crippen LogP contribution in [0.4, 0.5) is 0 Å². The second-order valence-corrected chi connectivity index (χ2v) is 6.12. The highest BCUT2D eigenvalue weighted by molar-refractivity contribution is 9.10. The summed E-state index contributed by atoms with van der Waals surface area (Å²) in [4.78, 5) is 0.912. The number of aliphatic hydroxyl groups is 1. The largest absolute Gasteiger partial charge is 0.490 e. The van der Waals surface area contributed by atoms with Gasteiger partial charge in [0.1, 0.15) is 6.10 Å². The van der Waals surface area contributed by atoms with E-state index in [1.165, 1.54) is 11.3 Å². The Kier molecular flexibility index (Phi) is 3.77. The van der Waals surface area contributed by atoms with Crippen molar-refractivity contribution >= 4 is 27.3 Å². The summed E-state index contributed by atoms with van der Waals surface area (Å²) in [5, 5.41) is 12.4. The Morgan fingerprint density at radius 2 is 1.95 bits per heavy atom. The number of fused-ring (bicyclic) bond motifs is 1. The third-order valence-corrected chi connectivity index (χ3v) is 4.59. The molecule has 2 aromatic rings. The Bertz CT molecular complexity index is 568. The van der Waals surface area contributed by atoms with Crippen molar-refractivity contribution in [2.24, 2.45) is 0 Å². The van der Waals surface area contributed by atoms with Crippen molar-refractivity contribution in [3.05, 3.63) is 44.6 Å². The van der Waals surface area contributed by atoms with Crippen LogP contribution in [0, 0.1) is 0 Å². The number of hydrogen-bond acceptors (Lipinski definition) is 4. The summed E-state index contributed by atoms with van der Waals surface area (Å²) in [5.41, 5.74) is 0.798. The minimum absolute atomic E-state index is 0.642. The van der Waals surface area contributed by atoms with Crippen molar-refractivity contribution in [2.45, 2.75) is 12.5 Å². The van der Waals surface area contributed by atoms with Crippen molar-refractivity contribution in [1.29, 1.82) is 0 Å². The van der Waals surface area contributed by atoms with Gasteiger partial charge in [-0.2, -0.15) is 0 Å². The van der Waals surface area contributed by atoms with Gasteiger partial charge in [0.05, 0.1) is 13.2 Å². The Balaban J connectivity index is 2.00. The van der Waals surface area contributed by atoms with E-state index in [2.05, 4.69) is 15.9 Å². The van der Waals surface area contributed by atoms with Crippen molar-refractivity contribution in [3.63, 3.8) is 0 Å². The Hall–Kier alpha value is -1.04. The Morgan fingerprint density at radius 3 is 2.63 bits per heavy atom. The second kappa shape index (κ2) is 5.53. The number of benzene rings is 1. The van der Waals surface area contributed by atoms with E-state index >= 15 is 0 Å². The van der Waals surface area contributed by atoms with Crippen LogP contribution in [0.25, 0.3) is 0 Å². The topological polar surface area (TPSA) is 38.7 Å². The molecular formula is C14H13BrO3S. The average molecular weight is 341 g/mol. The van der Waals surface area contributed by atoms with Gasteiger partial charge in [-0.25, -0.2) is 0 Å². The molecular weight excluding hydrogens is 328 g/mol. The molecule has 3 rings (SSSR count). The number of rotatable bonds is 2. The zero-order valence-corrected chi connectivity index (χ0v) is 12.5. The predicted molar refractivity (Wildman–Crippen MR) is 78.1 cm³/mol. The summed E-state index contributed by atoms with van der Waals surface area (Å²) in [5.74, 6) is 1.43. The third kappa shape index (κ3) is 2.63. The normalized spacial score (nSPS) is 15.9. The van der Waals surface area contributed by atoms with E-state index in [9.17, 15) is 5.11 Å². The minimum Gasteiger partial charge on any atom is -0.490 e. The van der Waals surface area contributed by atoms with E-state index in [0.29, 0.717) is 19.0 Å². The summed E-state index contributed by atoms with van der Waals surface area (Å²) >= 11 is 5.03. The molecule has 1 N–H and O–H groups in total. The fourth-order valence-corrected chi connectivity index (χ4v) is 3.28. The lowest BCUT2D eigenvalue weighted by Gasteiger charge is -2.15. The highest BCUT2D eigenvalue weighted by Crippen LogP contribution is 2.39. The highest BCUT2D eigenvalue weighted by atomic mass is 79.9. The first-order valence-corrected chi connectivity index (χ1v) is 7.73. The molecule has 0 amide bonds. The van der Waals surface area contributed by atoms with E-state index in [1.807, 2.05) is 29.6 Å². The first-order valence-electron chi connectivity index (χ1n) is 6.06. The van der Waals surface area contributed by atoms with Gasteiger partial charge in [-0.15, -0.1) is 11.3 Å². The van der Waals surface area contributed by atoms with Crippen molar-refractivity contribution in [1.82, 2.24) is 0 Å². The Labute approximate surface area is 123 Å². The average Bonchev–Trinajstić information content (AvgIpc) is 2.84. The van der Waals surface area contributed by atoms with Crippen molar-refractivity contribution in [3.8, 4) is 11.5 Å². The summed E-state index contributed by atoms with van der Waals surface area (Å²) in [7, 11) is 0. The Morgan fingerprint density at radius 1 is 1.21 bits per heavy atom. The van der Waals surface area contributed by atoms with Crippen LogP contribution in [0.1, 0.15) is 23.0 Å². The minimum atomic E-state index is -0.647. The van der Waals surface area contributed by atoms with Gasteiger partial charge in [0.15, 0.2) is 11.5 Å². The van der Waals surface area contributed by atoms with Gasteiger partial charge in [0, 0.05) is 21.3 Å². The molecule has 3 nitrogen and oxygen atoms in total. The lowest BCUT2D eigenvalue weighted by Crippen LogP contribution is -2.00. The molecule has 1 aromatic heterocycles. The standard InChI is InChI=1S/C14H13BrO3S/c15-10-8-12-11(17-4-2-5-18-12)7-9(10)14(16)13-3-1-6-19-13/h1,3,6-8,14,16H,2,4-5H2. The summed E-state index contributed by atoms with van der Waals surface area (Å²) in [6, 6.07) is 7.58. The second-order valence-electron chi connectivity index (χ2n) is 4.29. The molecule has 19 heavy (non-hydrogen) atoms. The molecule has 0 saturated heterocycles. The van der Waals surface area contributed by atoms with Gasteiger partial charge in [-0.1, -0.05) is 22.0 Å². The van der Waals surface area contributed by atoms with Crippen LogP contribution in [0.15, 0.2) is 34.1 Å². The van der Waals surface area contributed by atoms with Crippen LogP contribution in [-0.2, 0) is 0 Å². The molecule has 5 heteroatoms. The number of halogens is 1. The molecule has 0 aliphatic carbocycles.